The van der Waals surface area contributed by atoms with Gasteiger partial charge < -0.3 is 14.2 Å². The van der Waals surface area contributed by atoms with Crippen molar-refractivity contribution in [3.8, 4) is 0 Å². The van der Waals surface area contributed by atoms with Crippen LogP contribution in [-0.2, 0) is 4.74 Å². The lowest BCUT2D eigenvalue weighted by Gasteiger charge is -2.30. The van der Waals surface area contributed by atoms with Crippen LogP contribution in [0.2, 0.25) is 0 Å². The standard InChI is InChI=1S/C20H31N3O2/c1-4-11-25-13-16-5-7-17(8-6-16)22-20(24)18-9-10-23-15(3)12-14(2)21-19(18)23/h9-10,12,16-17,20,22,24H,4-8,11,13H2,1-3H3/t16-,17-,20?. The molecule has 0 radical (unpaired) electrons. The van der Waals surface area contributed by atoms with Gasteiger partial charge in [-0.1, -0.05) is 6.92 Å². The molecule has 1 atom stereocenters. The number of aryl methyl sites for hydroxylation is 2. The summed E-state index contributed by atoms with van der Waals surface area (Å²) in [4.78, 5) is 4.61. The highest BCUT2D eigenvalue weighted by molar-refractivity contribution is 5.51. The summed E-state index contributed by atoms with van der Waals surface area (Å²) in [6.45, 7) is 7.95. The van der Waals surface area contributed by atoms with Crippen LogP contribution in [0, 0.1) is 19.8 Å². The van der Waals surface area contributed by atoms with E-state index >= 15 is 0 Å². The van der Waals surface area contributed by atoms with Gasteiger partial charge in [0.1, 0.15) is 11.9 Å². The summed E-state index contributed by atoms with van der Waals surface area (Å²) in [7, 11) is 0. The van der Waals surface area contributed by atoms with Crippen LogP contribution in [0.25, 0.3) is 5.65 Å². The summed E-state index contributed by atoms with van der Waals surface area (Å²) < 4.78 is 7.72. The van der Waals surface area contributed by atoms with E-state index in [4.69, 9.17) is 4.74 Å². The van der Waals surface area contributed by atoms with E-state index < -0.39 is 6.23 Å². The molecule has 0 bridgehead atoms. The fraction of sp³-hybridized carbons (Fsp3) is 0.650. The van der Waals surface area contributed by atoms with Gasteiger partial charge in [0.25, 0.3) is 0 Å². The van der Waals surface area contributed by atoms with Gasteiger partial charge in [-0.3, -0.25) is 5.32 Å². The number of hydrogen-bond acceptors (Lipinski definition) is 4. The molecule has 1 aliphatic carbocycles. The molecule has 2 aromatic rings. The van der Waals surface area contributed by atoms with Gasteiger partial charge in [-0.15, -0.1) is 0 Å². The average molecular weight is 345 g/mol. The van der Waals surface area contributed by atoms with Crippen molar-refractivity contribution in [2.45, 2.75) is 65.1 Å². The zero-order valence-electron chi connectivity index (χ0n) is 15.7. The first-order valence-corrected chi connectivity index (χ1v) is 9.55. The second-order valence-electron chi connectivity index (χ2n) is 7.37. The molecule has 1 saturated carbocycles. The summed E-state index contributed by atoms with van der Waals surface area (Å²) in [6, 6.07) is 4.38. The minimum atomic E-state index is -0.670. The Labute approximate surface area is 150 Å². The number of aliphatic hydroxyl groups is 1. The van der Waals surface area contributed by atoms with Crippen LogP contribution in [0.3, 0.4) is 0 Å². The molecular formula is C20H31N3O2. The number of hydrogen-bond donors (Lipinski definition) is 2. The van der Waals surface area contributed by atoms with Crippen LogP contribution in [0.5, 0.6) is 0 Å². The number of nitrogens with zero attached hydrogens (tertiary/aromatic N) is 2. The van der Waals surface area contributed by atoms with Gasteiger partial charge in [-0.25, -0.2) is 4.98 Å². The van der Waals surface area contributed by atoms with Gasteiger partial charge in [0.05, 0.1) is 0 Å². The molecule has 0 aliphatic heterocycles. The quantitative estimate of drug-likeness (QED) is 0.595. The molecule has 5 heteroatoms. The van der Waals surface area contributed by atoms with Crippen LogP contribution in [-0.4, -0.2) is 33.7 Å². The number of nitrogens with one attached hydrogen (secondary N) is 1. The van der Waals surface area contributed by atoms with E-state index in [0.29, 0.717) is 12.0 Å². The first kappa shape index (κ1) is 18.4. The van der Waals surface area contributed by atoms with Crippen LogP contribution >= 0.6 is 0 Å². The highest BCUT2D eigenvalue weighted by Gasteiger charge is 2.24. The van der Waals surface area contributed by atoms with E-state index in [1.54, 1.807) is 0 Å². The van der Waals surface area contributed by atoms with E-state index in [-0.39, 0.29) is 0 Å². The van der Waals surface area contributed by atoms with Crippen molar-refractivity contribution in [1.82, 2.24) is 14.7 Å². The predicted octanol–water partition coefficient (Wildman–Crippen LogP) is 3.52. The van der Waals surface area contributed by atoms with Gasteiger partial charge in [0, 0.05) is 42.4 Å². The van der Waals surface area contributed by atoms with Crippen LogP contribution in [0.15, 0.2) is 18.3 Å². The third kappa shape index (κ3) is 4.40. The fourth-order valence-corrected chi connectivity index (χ4v) is 3.83. The number of rotatable bonds is 7. The van der Waals surface area contributed by atoms with E-state index in [2.05, 4.69) is 30.2 Å². The first-order valence-electron chi connectivity index (χ1n) is 9.55. The Kier molecular flexibility index (Phi) is 6.10. The molecule has 0 aromatic carbocycles. The van der Waals surface area contributed by atoms with Gasteiger partial charge in [0.15, 0.2) is 0 Å². The highest BCUT2D eigenvalue weighted by Crippen LogP contribution is 2.27. The van der Waals surface area contributed by atoms with E-state index in [1.807, 2.05) is 23.6 Å². The Bertz CT molecular complexity index is 690. The monoisotopic (exact) mass is 345 g/mol. The van der Waals surface area contributed by atoms with Crippen molar-refractivity contribution in [2.75, 3.05) is 13.2 Å². The lowest BCUT2D eigenvalue weighted by Crippen LogP contribution is -2.36. The van der Waals surface area contributed by atoms with Gasteiger partial charge in [-0.2, -0.15) is 0 Å². The van der Waals surface area contributed by atoms with Crippen LogP contribution < -0.4 is 5.32 Å². The molecule has 2 aromatic heterocycles. The maximum absolute atomic E-state index is 10.7. The molecule has 1 aliphatic rings. The normalized spacial score (nSPS) is 22.4. The maximum atomic E-state index is 10.7. The third-order valence-electron chi connectivity index (χ3n) is 5.21. The van der Waals surface area contributed by atoms with Gasteiger partial charge >= 0.3 is 0 Å². The molecule has 138 valence electrons. The van der Waals surface area contributed by atoms with E-state index in [0.717, 1.165) is 55.1 Å². The molecule has 0 amide bonds. The van der Waals surface area contributed by atoms with Crippen LogP contribution in [0.4, 0.5) is 0 Å². The predicted molar refractivity (Wildman–Crippen MR) is 99.6 cm³/mol. The number of aliphatic hydroxyl groups excluding tert-OH is 1. The Balaban J connectivity index is 1.58. The van der Waals surface area contributed by atoms with Crippen molar-refractivity contribution in [3.05, 3.63) is 35.3 Å². The topological polar surface area (TPSA) is 58.8 Å². The molecule has 1 fully saturated rings. The molecule has 2 heterocycles. The smallest absolute Gasteiger partial charge is 0.144 e. The SMILES string of the molecule is CCCOC[C@H]1CC[C@H](NC(O)c2ccn3c(C)cc(C)nc23)CC1. The van der Waals surface area contributed by atoms with Crippen molar-refractivity contribution < 1.29 is 9.84 Å². The molecule has 25 heavy (non-hydrogen) atoms. The minimum absolute atomic E-state index is 0.360. The molecule has 0 spiro atoms. The van der Waals surface area contributed by atoms with Crippen LogP contribution in [0.1, 0.15) is 62.2 Å². The minimum Gasteiger partial charge on any atom is -0.381 e. The Morgan fingerprint density at radius 2 is 2.08 bits per heavy atom. The number of fused-ring (bicyclic) bond motifs is 1. The Morgan fingerprint density at radius 1 is 1.32 bits per heavy atom. The molecular weight excluding hydrogens is 314 g/mol. The second-order valence-corrected chi connectivity index (χ2v) is 7.37. The maximum Gasteiger partial charge on any atom is 0.144 e. The van der Waals surface area contributed by atoms with Crippen molar-refractivity contribution in [2.24, 2.45) is 5.92 Å². The van der Waals surface area contributed by atoms with Crippen molar-refractivity contribution in [1.29, 1.82) is 0 Å². The summed E-state index contributed by atoms with van der Waals surface area (Å²) in [5.74, 6) is 0.670. The highest BCUT2D eigenvalue weighted by atomic mass is 16.5. The molecule has 0 saturated heterocycles. The Morgan fingerprint density at radius 3 is 2.80 bits per heavy atom. The van der Waals surface area contributed by atoms with Gasteiger partial charge in [-0.05, 0) is 64.0 Å². The molecule has 5 nitrogen and oxygen atoms in total. The van der Waals surface area contributed by atoms with Gasteiger partial charge in [0.2, 0.25) is 0 Å². The lowest BCUT2D eigenvalue weighted by molar-refractivity contribution is 0.0691. The first-order chi connectivity index (χ1) is 12.1. The summed E-state index contributed by atoms with van der Waals surface area (Å²) >= 11 is 0. The Hall–Kier alpha value is -1.43. The molecule has 3 rings (SSSR count). The lowest BCUT2D eigenvalue weighted by atomic mass is 9.86. The van der Waals surface area contributed by atoms with Crippen molar-refractivity contribution in [3.63, 3.8) is 0 Å². The van der Waals surface area contributed by atoms with Crippen molar-refractivity contribution >= 4 is 5.65 Å². The molecule has 2 N–H and O–H groups in total. The second kappa shape index (κ2) is 8.30. The molecule has 1 unspecified atom stereocenters. The summed E-state index contributed by atoms with van der Waals surface area (Å²) in [5, 5.41) is 14.1. The number of ether oxygens (including phenoxy) is 1. The summed E-state index contributed by atoms with van der Waals surface area (Å²) in [6.07, 6.45) is 6.92. The zero-order valence-corrected chi connectivity index (χ0v) is 15.7. The summed E-state index contributed by atoms with van der Waals surface area (Å²) in [5.41, 5.74) is 3.82. The largest absolute Gasteiger partial charge is 0.381 e. The third-order valence-corrected chi connectivity index (χ3v) is 5.21. The average Bonchev–Trinajstić information content (AvgIpc) is 3.01. The zero-order chi connectivity index (χ0) is 17.8. The van der Waals surface area contributed by atoms with E-state index in [9.17, 15) is 5.11 Å². The van der Waals surface area contributed by atoms with E-state index in [1.165, 1.54) is 12.8 Å². The number of aromatic nitrogens is 2. The fourth-order valence-electron chi connectivity index (χ4n) is 3.83.